The third kappa shape index (κ3) is 8.31. The van der Waals surface area contributed by atoms with Crippen molar-refractivity contribution < 1.29 is 28.7 Å². The van der Waals surface area contributed by atoms with Crippen molar-refractivity contribution in [1.29, 1.82) is 0 Å². The van der Waals surface area contributed by atoms with E-state index < -0.39 is 26.5 Å². The Kier molecular flexibility index (Phi) is 12.7. The van der Waals surface area contributed by atoms with E-state index in [2.05, 4.69) is 12.1 Å². The molecule has 0 aliphatic rings. The van der Waals surface area contributed by atoms with Gasteiger partial charge in [-0.2, -0.15) is 0 Å². The number of benzene rings is 6. The standard InChI is InChI=1S/2C17H17O3P.2Mg/c2*1-12(21(18,19)20)10-17-15-8-4-2-6-13(15)11-14-7-3-5-9-16(14)17;;/h2*2-9,11-12H,10H2,1H3,(H2,18,19,20);;/q;;2*+2/p-4. The van der Waals surface area contributed by atoms with Gasteiger partial charge in [0.2, 0.25) is 0 Å². The maximum Gasteiger partial charge on any atom is 2.00 e. The third-order valence-corrected chi connectivity index (χ3v) is 10.4. The van der Waals surface area contributed by atoms with Gasteiger partial charge in [-0.1, -0.05) is 126 Å². The van der Waals surface area contributed by atoms with Gasteiger partial charge in [-0.25, -0.2) is 0 Å². The van der Waals surface area contributed by atoms with Gasteiger partial charge in [-0.15, -0.1) is 0 Å². The van der Waals surface area contributed by atoms with E-state index >= 15 is 0 Å². The fourth-order valence-corrected chi connectivity index (χ4v) is 6.28. The Morgan fingerprint density at radius 3 is 0.932 bits per heavy atom. The molecule has 0 N–H and O–H groups in total. The van der Waals surface area contributed by atoms with Gasteiger partial charge in [0.1, 0.15) is 0 Å². The van der Waals surface area contributed by atoms with E-state index in [1.54, 1.807) is 0 Å². The van der Waals surface area contributed by atoms with Crippen LogP contribution in [0.2, 0.25) is 0 Å². The molecule has 10 heteroatoms. The van der Waals surface area contributed by atoms with Crippen molar-refractivity contribution in [3.63, 3.8) is 0 Å². The average Bonchev–Trinajstić information content (AvgIpc) is 2.96. The van der Waals surface area contributed by atoms with Gasteiger partial charge in [0.15, 0.2) is 0 Å². The Hall–Kier alpha value is -1.81. The predicted octanol–water partition coefficient (Wildman–Crippen LogP) is 4.91. The molecule has 0 spiro atoms. The maximum atomic E-state index is 11.3. The number of fused-ring (bicyclic) bond motifs is 4. The summed E-state index contributed by atoms with van der Waals surface area (Å²) in [5.74, 6) is 0. The first-order chi connectivity index (χ1) is 19.9. The van der Waals surface area contributed by atoms with Crippen molar-refractivity contribution >= 4 is 104 Å². The number of hydrogen-bond acceptors (Lipinski definition) is 6. The molecular formula is C34H30Mg2O6P2. The normalized spacial score (nSPS) is 13.0. The van der Waals surface area contributed by atoms with Crippen molar-refractivity contribution in [3.05, 3.63) is 120 Å². The van der Waals surface area contributed by atoms with Crippen LogP contribution in [0.5, 0.6) is 0 Å². The Bertz CT molecular complexity index is 1750. The van der Waals surface area contributed by atoms with Crippen LogP contribution in [-0.2, 0) is 22.0 Å². The second-order valence-corrected chi connectivity index (χ2v) is 14.7. The fraction of sp³-hybridized carbons (Fsp3) is 0.176. The molecule has 6 aromatic rings. The average molecular weight is 645 g/mol. The summed E-state index contributed by atoms with van der Waals surface area (Å²) in [6.07, 6.45) is 0.484. The number of hydrogen-bond donors (Lipinski definition) is 0. The van der Waals surface area contributed by atoms with Crippen LogP contribution in [0, 0.1) is 0 Å². The van der Waals surface area contributed by atoms with E-state index in [4.69, 9.17) is 0 Å². The van der Waals surface area contributed by atoms with Crippen LogP contribution in [0.15, 0.2) is 109 Å². The summed E-state index contributed by atoms with van der Waals surface area (Å²) >= 11 is 0. The van der Waals surface area contributed by atoms with Gasteiger partial charge in [-0.05, 0) is 90.5 Å². The van der Waals surface area contributed by atoms with Gasteiger partial charge < -0.3 is 28.7 Å². The summed E-state index contributed by atoms with van der Waals surface area (Å²) in [7, 11) is -9.16. The molecule has 0 aliphatic carbocycles. The molecule has 0 aliphatic heterocycles. The second kappa shape index (κ2) is 15.2. The molecule has 0 saturated heterocycles. The van der Waals surface area contributed by atoms with Crippen LogP contribution < -0.4 is 19.6 Å². The minimum atomic E-state index is -4.58. The van der Waals surface area contributed by atoms with Gasteiger partial charge in [0.25, 0.3) is 0 Å². The van der Waals surface area contributed by atoms with Crippen molar-refractivity contribution in [2.24, 2.45) is 0 Å². The van der Waals surface area contributed by atoms with Crippen LogP contribution in [0.4, 0.5) is 0 Å². The minimum Gasteiger partial charge on any atom is -0.811 e. The Morgan fingerprint density at radius 2 is 0.705 bits per heavy atom. The van der Waals surface area contributed by atoms with E-state index in [9.17, 15) is 28.7 Å². The minimum absolute atomic E-state index is 0. The summed E-state index contributed by atoms with van der Waals surface area (Å²) in [5.41, 5.74) is 0.0460. The van der Waals surface area contributed by atoms with Crippen LogP contribution in [0.25, 0.3) is 43.1 Å². The zero-order valence-corrected chi connectivity index (χ0v) is 29.3. The Labute approximate surface area is 289 Å². The fourth-order valence-electron chi connectivity index (χ4n) is 5.47. The van der Waals surface area contributed by atoms with Crippen molar-refractivity contribution in [2.75, 3.05) is 0 Å². The van der Waals surface area contributed by atoms with E-state index in [0.29, 0.717) is 0 Å². The summed E-state index contributed by atoms with van der Waals surface area (Å²) in [5, 5.41) is 8.28. The summed E-state index contributed by atoms with van der Waals surface area (Å²) in [6.45, 7) is 2.97. The van der Waals surface area contributed by atoms with Crippen LogP contribution in [0.1, 0.15) is 25.0 Å². The number of rotatable bonds is 6. The molecule has 6 nitrogen and oxygen atoms in total. The van der Waals surface area contributed by atoms with Crippen LogP contribution in [-0.4, -0.2) is 57.4 Å². The zero-order chi connectivity index (χ0) is 30.1. The first-order valence-corrected chi connectivity index (χ1v) is 17.0. The molecule has 0 radical (unpaired) electrons. The molecule has 2 unspecified atom stereocenters. The molecule has 6 rings (SSSR count). The predicted molar refractivity (Wildman–Crippen MR) is 176 cm³/mol. The molecule has 0 heterocycles. The van der Waals surface area contributed by atoms with Gasteiger partial charge in [0.05, 0.1) is 0 Å². The summed E-state index contributed by atoms with van der Waals surface area (Å²) < 4.78 is 22.6. The molecule has 6 aromatic carbocycles. The molecule has 0 bridgehead atoms. The molecule has 44 heavy (non-hydrogen) atoms. The molecule has 0 amide bonds. The second-order valence-electron chi connectivity index (χ2n) is 10.8. The molecule has 0 fully saturated rings. The topological polar surface area (TPSA) is 126 Å². The molecule has 0 saturated carbocycles. The van der Waals surface area contributed by atoms with Crippen molar-refractivity contribution in [2.45, 2.75) is 38.0 Å². The SMILES string of the molecule is CC(Cc1c2ccccc2cc2ccccc12)P(=O)([O-])[O-].CC(Cc1c2ccccc2cc2ccccc12)P(=O)([O-])[O-].[Mg+2].[Mg+2]. The first-order valence-electron chi connectivity index (χ1n) is 13.8. The van der Waals surface area contributed by atoms with E-state index in [-0.39, 0.29) is 58.9 Å². The molecule has 216 valence electrons. The summed E-state index contributed by atoms with van der Waals surface area (Å²) in [4.78, 5) is 45.1. The quantitative estimate of drug-likeness (QED) is 0.144. The third-order valence-electron chi connectivity index (χ3n) is 7.84. The smallest absolute Gasteiger partial charge is 0.811 e. The monoisotopic (exact) mass is 644 g/mol. The van der Waals surface area contributed by atoms with E-state index in [1.165, 1.54) is 13.8 Å². The van der Waals surface area contributed by atoms with Gasteiger partial charge >= 0.3 is 46.1 Å². The first kappa shape index (κ1) is 36.7. The van der Waals surface area contributed by atoms with E-state index in [0.717, 1.165) is 54.2 Å². The summed E-state index contributed by atoms with van der Waals surface area (Å²) in [6, 6.07) is 35.6. The van der Waals surface area contributed by atoms with Crippen LogP contribution >= 0.6 is 15.2 Å². The van der Waals surface area contributed by atoms with Crippen LogP contribution in [0.3, 0.4) is 0 Å². The maximum absolute atomic E-state index is 11.3. The van der Waals surface area contributed by atoms with Crippen molar-refractivity contribution in [1.82, 2.24) is 0 Å². The largest absolute Gasteiger partial charge is 2.00 e. The van der Waals surface area contributed by atoms with Gasteiger partial charge in [-0.3, -0.25) is 0 Å². The Balaban J connectivity index is 0.000000230. The van der Waals surface area contributed by atoms with E-state index in [1.807, 2.05) is 97.1 Å². The van der Waals surface area contributed by atoms with Crippen molar-refractivity contribution in [3.8, 4) is 0 Å². The molecule has 2 atom stereocenters. The van der Waals surface area contributed by atoms with Gasteiger partial charge in [0, 0.05) is 0 Å². The molecular weight excluding hydrogens is 615 g/mol. The Morgan fingerprint density at radius 1 is 0.477 bits per heavy atom. The zero-order valence-electron chi connectivity index (χ0n) is 24.7. The molecule has 0 aromatic heterocycles.